The Bertz CT molecular complexity index is 848. The van der Waals surface area contributed by atoms with E-state index in [1.165, 1.54) is 18.2 Å². The minimum atomic E-state index is -0.625. The lowest BCUT2D eigenvalue weighted by Gasteiger charge is -2.13. The van der Waals surface area contributed by atoms with Gasteiger partial charge in [0.1, 0.15) is 0 Å². The molecular weight excluding hydrogens is 338 g/mol. The van der Waals surface area contributed by atoms with Gasteiger partial charge in [-0.3, -0.25) is 14.9 Å². The maximum atomic E-state index is 12.1. The summed E-state index contributed by atoms with van der Waals surface area (Å²) < 4.78 is 5.01. The van der Waals surface area contributed by atoms with Crippen LogP contribution in [0.1, 0.15) is 15.9 Å². The fourth-order valence-corrected chi connectivity index (χ4v) is 2.17. The summed E-state index contributed by atoms with van der Waals surface area (Å²) in [6.07, 6.45) is 0. The van der Waals surface area contributed by atoms with Gasteiger partial charge < -0.3 is 15.0 Å². The molecule has 0 aliphatic rings. The van der Waals surface area contributed by atoms with E-state index in [9.17, 15) is 19.7 Å². The summed E-state index contributed by atoms with van der Waals surface area (Å²) in [7, 11) is 3.69. The molecule has 2 aromatic carbocycles. The molecule has 0 atom stereocenters. The van der Waals surface area contributed by atoms with Crippen molar-refractivity contribution in [3.8, 4) is 0 Å². The van der Waals surface area contributed by atoms with Crippen molar-refractivity contribution < 1.29 is 19.2 Å². The monoisotopic (exact) mass is 357 g/mol. The Balaban J connectivity index is 1.99. The zero-order valence-electron chi connectivity index (χ0n) is 14.7. The number of nitrogens with zero attached hydrogens (tertiary/aromatic N) is 2. The minimum Gasteiger partial charge on any atom is -0.452 e. The molecule has 2 rings (SSSR count). The normalized spacial score (nSPS) is 10.1. The highest BCUT2D eigenvalue weighted by atomic mass is 16.6. The Morgan fingerprint density at radius 1 is 1.19 bits per heavy atom. The van der Waals surface area contributed by atoms with Crippen molar-refractivity contribution >= 4 is 28.9 Å². The lowest BCUT2D eigenvalue weighted by molar-refractivity contribution is -0.384. The molecule has 0 saturated heterocycles. The summed E-state index contributed by atoms with van der Waals surface area (Å²) in [4.78, 5) is 36.2. The molecule has 0 aliphatic heterocycles. The van der Waals surface area contributed by atoms with Gasteiger partial charge in [-0.15, -0.1) is 0 Å². The largest absolute Gasteiger partial charge is 0.452 e. The lowest BCUT2D eigenvalue weighted by Crippen LogP contribution is -2.21. The van der Waals surface area contributed by atoms with Crippen LogP contribution in [0, 0.1) is 17.0 Å². The minimum absolute atomic E-state index is 0.136. The highest BCUT2D eigenvalue weighted by Crippen LogP contribution is 2.21. The molecule has 0 radical (unpaired) electrons. The predicted octanol–water partition coefficient (Wildman–Crippen LogP) is 2.76. The van der Waals surface area contributed by atoms with Gasteiger partial charge in [0.15, 0.2) is 6.61 Å². The van der Waals surface area contributed by atoms with E-state index in [0.717, 1.165) is 5.69 Å². The van der Waals surface area contributed by atoms with Crippen molar-refractivity contribution in [2.24, 2.45) is 0 Å². The molecule has 0 unspecified atom stereocenters. The molecule has 0 aliphatic carbocycles. The van der Waals surface area contributed by atoms with Crippen molar-refractivity contribution in [1.29, 1.82) is 0 Å². The smallest absolute Gasteiger partial charge is 0.338 e. The fraction of sp³-hybridized carbons (Fsp3) is 0.222. The number of esters is 1. The standard InChI is InChI=1S/C18H19N3O5/c1-12-7-8-15(21(24)25)10-16(12)19-17(22)11-26-18(23)13-5-4-6-14(9-13)20(2)3/h4-10H,11H2,1-3H3,(H,19,22). The number of carbonyl (C=O) groups is 2. The number of hydrogen-bond donors (Lipinski definition) is 1. The Kier molecular flexibility index (Phi) is 5.90. The SMILES string of the molecule is Cc1ccc([N+](=O)[O-])cc1NC(=O)COC(=O)c1cccc(N(C)C)c1. The molecule has 0 saturated carbocycles. The molecule has 26 heavy (non-hydrogen) atoms. The van der Waals surface area contributed by atoms with Crippen LogP contribution >= 0.6 is 0 Å². The third kappa shape index (κ3) is 4.79. The first kappa shape index (κ1) is 18.9. The van der Waals surface area contributed by atoms with Crippen LogP contribution in [0.2, 0.25) is 0 Å². The van der Waals surface area contributed by atoms with E-state index in [-0.39, 0.29) is 5.69 Å². The fourth-order valence-electron chi connectivity index (χ4n) is 2.17. The van der Waals surface area contributed by atoms with Crippen molar-refractivity contribution in [3.05, 3.63) is 63.7 Å². The molecule has 1 amide bonds. The van der Waals surface area contributed by atoms with Crippen LogP contribution in [0.3, 0.4) is 0 Å². The number of hydrogen-bond acceptors (Lipinski definition) is 6. The van der Waals surface area contributed by atoms with Gasteiger partial charge in [-0.1, -0.05) is 12.1 Å². The molecule has 8 heteroatoms. The summed E-state index contributed by atoms with van der Waals surface area (Å²) in [6.45, 7) is 1.21. The number of non-ortho nitro benzene ring substituents is 1. The number of carbonyl (C=O) groups excluding carboxylic acids is 2. The van der Waals surface area contributed by atoms with Crippen LogP contribution in [0.4, 0.5) is 17.1 Å². The first-order valence-corrected chi connectivity index (χ1v) is 7.77. The van der Waals surface area contributed by atoms with Crippen LogP contribution in [0.5, 0.6) is 0 Å². The zero-order chi connectivity index (χ0) is 19.3. The average Bonchev–Trinajstić information content (AvgIpc) is 2.61. The molecule has 2 aromatic rings. The van der Waals surface area contributed by atoms with Crippen LogP contribution in [0.15, 0.2) is 42.5 Å². The molecule has 136 valence electrons. The molecule has 0 heterocycles. The Labute approximate surface area is 150 Å². The number of nitrogens with one attached hydrogen (secondary N) is 1. The summed E-state index contributed by atoms with van der Waals surface area (Å²) in [5.74, 6) is -1.20. The number of benzene rings is 2. The third-order valence-electron chi connectivity index (χ3n) is 3.64. The second kappa shape index (κ2) is 8.11. The second-order valence-electron chi connectivity index (χ2n) is 5.83. The van der Waals surface area contributed by atoms with Gasteiger partial charge in [0.05, 0.1) is 16.2 Å². The maximum Gasteiger partial charge on any atom is 0.338 e. The Morgan fingerprint density at radius 2 is 1.92 bits per heavy atom. The van der Waals surface area contributed by atoms with Crippen LogP contribution in [0.25, 0.3) is 0 Å². The van der Waals surface area contributed by atoms with Crippen LogP contribution in [-0.2, 0) is 9.53 Å². The molecular formula is C18H19N3O5. The van der Waals surface area contributed by atoms with E-state index in [1.54, 1.807) is 25.1 Å². The number of aryl methyl sites for hydroxylation is 1. The highest BCUT2D eigenvalue weighted by molar-refractivity contribution is 5.96. The maximum absolute atomic E-state index is 12.1. The van der Waals surface area contributed by atoms with Crippen molar-refractivity contribution in [1.82, 2.24) is 0 Å². The third-order valence-corrected chi connectivity index (χ3v) is 3.64. The number of anilines is 2. The van der Waals surface area contributed by atoms with Gasteiger partial charge in [-0.25, -0.2) is 4.79 Å². The van der Waals surface area contributed by atoms with Gasteiger partial charge in [0.2, 0.25) is 0 Å². The van der Waals surface area contributed by atoms with E-state index in [2.05, 4.69) is 5.32 Å². The quantitative estimate of drug-likeness (QED) is 0.484. The highest BCUT2D eigenvalue weighted by Gasteiger charge is 2.14. The Morgan fingerprint density at radius 3 is 2.58 bits per heavy atom. The molecule has 0 spiro atoms. The molecule has 0 aromatic heterocycles. The van der Waals surface area contributed by atoms with Crippen LogP contribution < -0.4 is 10.2 Å². The lowest BCUT2D eigenvalue weighted by atomic mass is 10.2. The predicted molar refractivity (Wildman–Crippen MR) is 97.5 cm³/mol. The number of nitro groups is 1. The number of ether oxygens (including phenoxy) is 1. The zero-order valence-corrected chi connectivity index (χ0v) is 14.7. The van der Waals surface area contributed by atoms with Gasteiger partial charge in [-0.2, -0.15) is 0 Å². The number of amides is 1. The number of nitro benzene ring substituents is 1. The van der Waals surface area contributed by atoms with E-state index in [4.69, 9.17) is 4.74 Å². The summed E-state index contributed by atoms with van der Waals surface area (Å²) in [6, 6.07) is 11.0. The first-order valence-electron chi connectivity index (χ1n) is 7.77. The van der Waals surface area contributed by atoms with Gasteiger partial charge in [0.25, 0.3) is 11.6 Å². The summed E-state index contributed by atoms with van der Waals surface area (Å²) >= 11 is 0. The summed E-state index contributed by atoms with van der Waals surface area (Å²) in [5, 5.41) is 13.3. The van der Waals surface area contributed by atoms with E-state index < -0.39 is 23.4 Å². The summed E-state index contributed by atoms with van der Waals surface area (Å²) in [5.41, 5.74) is 1.99. The van der Waals surface area contributed by atoms with E-state index >= 15 is 0 Å². The van der Waals surface area contributed by atoms with E-state index in [0.29, 0.717) is 16.8 Å². The average molecular weight is 357 g/mol. The van der Waals surface area contributed by atoms with Crippen LogP contribution in [-0.4, -0.2) is 37.5 Å². The van der Waals surface area contributed by atoms with Gasteiger partial charge >= 0.3 is 5.97 Å². The van der Waals surface area contributed by atoms with E-state index in [1.807, 2.05) is 25.1 Å². The van der Waals surface area contributed by atoms with Crippen molar-refractivity contribution in [3.63, 3.8) is 0 Å². The molecule has 8 nitrogen and oxygen atoms in total. The number of rotatable bonds is 6. The first-order chi connectivity index (χ1) is 12.3. The topological polar surface area (TPSA) is 102 Å². The second-order valence-corrected chi connectivity index (χ2v) is 5.83. The van der Waals surface area contributed by atoms with Gasteiger partial charge in [-0.05, 0) is 30.7 Å². The molecule has 1 N–H and O–H groups in total. The molecule has 0 bridgehead atoms. The molecule has 0 fully saturated rings. The van der Waals surface area contributed by atoms with Gasteiger partial charge in [0, 0.05) is 31.9 Å². The van der Waals surface area contributed by atoms with Crippen molar-refractivity contribution in [2.75, 3.05) is 30.9 Å². The van der Waals surface area contributed by atoms with Crippen molar-refractivity contribution in [2.45, 2.75) is 6.92 Å². The Hall–Kier alpha value is -3.42.